The Labute approximate surface area is 76.8 Å². The molecule has 1 aromatic rings. The number of phenolic OH excluding ortho intramolecular Hbond substituents is 1. The van der Waals surface area contributed by atoms with Crippen LogP contribution in [0, 0.1) is 0 Å². The highest BCUT2D eigenvalue weighted by atomic mass is 16.5. The summed E-state index contributed by atoms with van der Waals surface area (Å²) in [6.07, 6.45) is 0. The van der Waals surface area contributed by atoms with Crippen LogP contribution in [-0.4, -0.2) is 30.5 Å². The fraction of sp³-hybridized carbons (Fsp3) is 0.333. The molecule has 0 saturated heterocycles. The zero-order valence-electron chi connectivity index (χ0n) is 7.45. The molecule has 0 radical (unpaired) electrons. The Morgan fingerprint density at radius 2 is 2.23 bits per heavy atom. The van der Waals surface area contributed by atoms with Crippen molar-refractivity contribution in [2.24, 2.45) is 0 Å². The van der Waals surface area contributed by atoms with E-state index in [1.54, 1.807) is 25.3 Å². The lowest BCUT2D eigenvalue weighted by molar-refractivity contribution is 0.311. The maximum absolute atomic E-state index is 9.36. The molecule has 13 heavy (non-hydrogen) atoms. The van der Waals surface area contributed by atoms with Crippen molar-refractivity contribution in [2.75, 3.05) is 25.6 Å². The number of nitrogens with one attached hydrogen (secondary N) is 1. The molecule has 0 spiro atoms. The molecular weight excluding hydrogens is 170 g/mol. The predicted octanol–water partition coefficient (Wildman–Crippen LogP) is 0.805. The number of rotatable bonds is 4. The van der Waals surface area contributed by atoms with Crippen molar-refractivity contribution in [2.45, 2.75) is 0 Å². The van der Waals surface area contributed by atoms with Crippen molar-refractivity contribution >= 4 is 5.69 Å². The van der Waals surface area contributed by atoms with Crippen LogP contribution in [0.1, 0.15) is 0 Å². The largest absolute Gasteiger partial charge is 0.506 e. The highest BCUT2D eigenvalue weighted by Crippen LogP contribution is 2.27. The molecule has 0 aliphatic rings. The van der Waals surface area contributed by atoms with E-state index < -0.39 is 0 Å². The normalized spacial score (nSPS) is 9.69. The Kier molecular flexibility index (Phi) is 3.40. The van der Waals surface area contributed by atoms with Gasteiger partial charge in [-0.1, -0.05) is 0 Å². The summed E-state index contributed by atoms with van der Waals surface area (Å²) in [5.74, 6) is 0.812. The molecule has 0 amide bonds. The molecule has 1 aromatic carbocycles. The van der Waals surface area contributed by atoms with Crippen molar-refractivity contribution in [3.8, 4) is 11.5 Å². The first-order chi connectivity index (χ1) is 6.27. The first-order valence-electron chi connectivity index (χ1n) is 3.99. The van der Waals surface area contributed by atoms with Gasteiger partial charge in [-0.3, -0.25) is 0 Å². The number of hydrogen-bond donors (Lipinski definition) is 3. The van der Waals surface area contributed by atoms with E-state index in [1.165, 1.54) is 0 Å². The summed E-state index contributed by atoms with van der Waals surface area (Å²) in [4.78, 5) is 0. The molecule has 3 N–H and O–H groups in total. The minimum Gasteiger partial charge on any atom is -0.506 e. The van der Waals surface area contributed by atoms with E-state index in [0.29, 0.717) is 18.0 Å². The number of aromatic hydroxyl groups is 1. The van der Waals surface area contributed by atoms with Crippen LogP contribution in [0.2, 0.25) is 0 Å². The van der Waals surface area contributed by atoms with E-state index in [0.717, 1.165) is 0 Å². The van der Waals surface area contributed by atoms with Gasteiger partial charge in [0.1, 0.15) is 11.5 Å². The third-order valence-corrected chi connectivity index (χ3v) is 1.63. The third kappa shape index (κ3) is 2.52. The van der Waals surface area contributed by atoms with Gasteiger partial charge in [0, 0.05) is 12.6 Å². The fourth-order valence-corrected chi connectivity index (χ4v) is 0.974. The maximum Gasteiger partial charge on any atom is 0.138 e. The van der Waals surface area contributed by atoms with Gasteiger partial charge < -0.3 is 20.3 Å². The second-order valence-electron chi connectivity index (χ2n) is 2.53. The van der Waals surface area contributed by atoms with Crippen molar-refractivity contribution in [3.05, 3.63) is 18.2 Å². The summed E-state index contributed by atoms with van der Waals surface area (Å²) < 4.78 is 4.98. The molecule has 0 fully saturated rings. The highest BCUT2D eigenvalue weighted by molar-refractivity contribution is 5.58. The van der Waals surface area contributed by atoms with Crippen LogP contribution in [0.5, 0.6) is 11.5 Å². The van der Waals surface area contributed by atoms with Crippen LogP contribution >= 0.6 is 0 Å². The number of phenols is 1. The fourth-order valence-electron chi connectivity index (χ4n) is 0.974. The van der Waals surface area contributed by atoms with Gasteiger partial charge in [-0.15, -0.1) is 0 Å². The van der Waals surface area contributed by atoms with E-state index >= 15 is 0 Å². The SMILES string of the molecule is COc1ccc(O)c(NCCO)c1. The molecular formula is C9H13NO3. The van der Waals surface area contributed by atoms with Crippen molar-refractivity contribution < 1.29 is 14.9 Å². The molecule has 0 aliphatic heterocycles. The van der Waals surface area contributed by atoms with E-state index in [1.807, 2.05) is 0 Å². The van der Waals surface area contributed by atoms with Crippen molar-refractivity contribution in [1.29, 1.82) is 0 Å². The zero-order chi connectivity index (χ0) is 9.68. The summed E-state index contributed by atoms with van der Waals surface area (Å²) in [5, 5.41) is 20.8. The van der Waals surface area contributed by atoms with Gasteiger partial charge in [-0.25, -0.2) is 0 Å². The third-order valence-electron chi connectivity index (χ3n) is 1.63. The molecule has 0 atom stereocenters. The standard InChI is InChI=1S/C9H13NO3/c1-13-7-2-3-9(12)8(6-7)10-4-5-11/h2-3,6,10-12H,4-5H2,1H3. The van der Waals surface area contributed by atoms with Crippen LogP contribution in [0.15, 0.2) is 18.2 Å². The first kappa shape index (κ1) is 9.67. The van der Waals surface area contributed by atoms with Gasteiger partial charge in [0.25, 0.3) is 0 Å². The second-order valence-corrected chi connectivity index (χ2v) is 2.53. The van der Waals surface area contributed by atoms with Gasteiger partial charge in [-0.2, -0.15) is 0 Å². The Bertz CT molecular complexity index is 276. The Hall–Kier alpha value is -1.42. The second kappa shape index (κ2) is 4.57. The van der Waals surface area contributed by atoms with Gasteiger partial charge in [0.05, 0.1) is 19.4 Å². The van der Waals surface area contributed by atoms with Crippen LogP contribution in [0.25, 0.3) is 0 Å². The lowest BCUT2D eigenvalue weighted by Gasteiger charge is -2.08. The van der Waals surface area contributed by atoms with E-state index in [9.17, 15) is 5.11 Å². The minimum absolute atomic E-state index is 0.0245. The van der Waals surface area contributed by atoms with Gasteiger partial charge in [-0.05, 0) is 12.1 Å². The lowest BCUT2D eigenvalue weighted by atomic mass is 10.2. The smallest absolute Gasteiger partial charge is 0.138 e. The van der Waals surface area contributed by atoms with Crippen LogP contribution in [0.3, 0.4) is 0 Å². The molecule has 4 nitrogen and oxygen atoms in total. The monoisotopic (exact) mass is 183 g/mol. The summed E-state index contributed by atoms with van der Waals surface area (Å²) in [7, 11) is 1.56. The minimum atomic E-state index is 0.0245. The molecule has 0 heterocycles. The molecule has 0 aromatic heterocycles. The highest BCUT2D eigenvalue weighted by Gasteiger charge is 2.01. The number of anilines is 1. The lowest BCUT2D eigenvalue weighted by Crippen LogP contribution is -2.05. The maximum atomic E-state index is 9.36. The number of benzene rings is 1. The summed E-state index contributed by atoms with van der Waals surface area (Å²) in [5.41, 5.74) is 0.563. The summed E-state index contributed by atoms with van der Waals surface area (Å²) >= 11 is 0. The Balaban J connectivity index is 2.78. The first-order valence-corrected chi connectivity index (χ1v) is 3.99. The topological polar surface area (TPSA) is 61.7 Å². The van der Waals surface area contributed by atoms with E-state index in [-0.39, 0.29) is 12.4 Å². The average Bonchev–Trinajstić information content (AvgIpc) is 2.17. The molecule has 0 bridgehead atoms. The van der Waals surface area contributed by atoms with Gasteiger partial charge in [0.15, 0.2) is 0 Å². The van der Waals surface area contributed by atoms with Crippen molar-refractivity contribution in [1.82, 2.24) is 0 Å². The van der Waals surface area contributed by atoms with Crippen LogP contribution < -0.4 is 10.1 Å². The number of aliphatic hydroxyl groups excluding tert-OH is 1. The quantitative estimate of drug-likeness (QED) is 0.604. The number of ether oxygens (including phenoxy) is 1. The molecule has 1 rings (SSSR count). The number of methoxy groups -OCH3 is 1. The predicted molar refractivity (Wildman–Crippen MR) is 50.2 cm³/mol. The number of hydrogen-bond acceptors (Lipinski definition) is 4. The Morgan fingerprint density at radius 1 is 1.46 bits per heavy atom. The summed E-state index contributed by atoms with van der Waals surface area (Å²) in [6.45, 7) is 0.428. The number of aliphatic hydroxyl groups is 1. The molecule has 72 valence electrons. The van der Waals surface area contributed by atoms with Gasteiger partial charge >= 0.3 is 0 Å². The van der Waals surface area contributed by atoms with Gasteiger partial charge in [0.2, 0.25) is 0 Å². The van der Waals surface area contributed by atoms with Crippen LogP contribution in [-0.2, 0) is 0 Å². The van der Waals surface area contributed by atoms with E-state index in [2.05, 4.69) is 5.32 Å². The molecule has 0 unspecified atom stereocenters. The zero-order valence-corrected chi connectivity index (χ0v) is 7.45. The molecule has 4 heteroatoms. The Morgan fingerprint density at radius 3 is 2.85 bits per heavy atom. The average molecular weight is 183 g/mol. The van der Waals surface area contributed by atoms with Crippen LogP contribution in [0.4, 0.5) is 5.69 Å². The van der Waals surface area contributed by atoms with E-state index in [4.69, 9.17) is 9.84 Å². The molecule has 0 aliphatic carbocycles. The summed E-state index contributed by atoms with van der Waals surface area (Å²) in [6, 6.07) is 4.88. The molecule has 0 saturated carbocycles. The van der Waals surface area contributed by atoms with Crippen molar-refractivity contribution in [3.63, 3.8) is 0 Å².